The zero-order valence-corrected chi connectivity index (χ0v) is 12.4. The molecule has 110 valence electrons. The molecule has 0 radical (unpaired) electrons. The summed E-state index contributed by atoms with van der Waals surface area (Å²) in [7, 11) is -3.21. The molecule has 1 N–H and O–H groups in total. The van der Waals surface area contributed by atoms with Gasteiger partial charge in [-0.25, -0.2) is 0 Å². The van der Waals surface area contributed by atoms with Gasteiger partial charge in [-0.15, -0.1) is 0 Å². The minimum absolute atomic E-state index is 0.218. The van der Waals surface area contributed by atoms with Crippen molar-refractivity contribution in [2.24, 2.45) is 0 Å². The van der Waals surface area contributed by atoms with Gasteiger partial charge in [0.1, 0.15) is 0 Å². The average molecular weight is 287 g/mol. The molecule has 0 atom stereocenters. The Hall–Kier alpha value is -0.170. The fourth-order valence-electron chi connectivity index (χ4n) is 3.78. The highest BCUT2D eigenvalue weighted by Gasteiger charge is 2.41. The molecule has 1 aliphatic carbocycles. The molecule has 6 heteroatoms. The number of rotatable bonds is 2. The van der Waals surface area contributed by atoms with Crippen LogP contribution in [0.5, 0.6) is 0 Å². The predicted octanol–water partition coefficient (Wildman–Crippen LogP) is 0.933. The molecule has 0 amide bonds. The number of hydrogen-bond donors (Lipinski definition) is 1. The first-order valence-electron chi connectivity index (χ1n) is 7.69. The largest absolute Gasteiger partial charge is 0.317 e. The normalized spacial score (nSPS) is 31.8. The first-order valence-corrected chi connectivity index (χ1v) is 9.08. The Morgan fingerprint density at radius 2 is 1.32 bits per heavy atom. The highest BCUT2D eigenvalue weighted by molar-refractivity contribution is 7.86. The second-order valence-electron chi connectivity index (χ2n) is 6.00. The van der Waals surface area contributed by atoms with Gasteiger partial charge in [-0.3, -0.25) is 0 Å². The van der Waals surface area contributed by atoms with E-state index in [1.807, 2.05) is 4.31 Å². The van der Waals surface area contributed by atoms with Crippen LogP contribution in [0.3, 0.4) is 0 Å². The lowest BCUT2D eigenvalue weighted by Crippen LogP contribution is -2.57. The van der Waals surface area contributed by atoms with Crippen molar-refractivity contribution in [3.8, 4) is 0 Å². The Morgan fingerprint density at radius 3 is 1.89 bits per heavy atom. The Bertz CT molecular complexity index is 400. The first-order chi connectivity index (χ1) is 9.19. The molecular weight excluding hydrogens is 262 g/mol. The molecule has 0 aromatic heterocycles. The molecule has 19 heavy (non-hydrogen) atoms. The minimum Gasteiger partial charge on any atom is -0.317 e. The molecule has 1 saturated carbocycles. The van der Waals surface area contributed by atoms with Gasteiger partial charge in [-0.2, -0.15) is 17.0 Å². The molecule has 3 fully saturated rings. The van der Waals surface area contributed by atoms with Crippen molar-refractivity contribution in [1.29, 1.82) is 0 Å². The van der Waals surface area contributed by atoms with Crippen molar-refractivity contribution >= 4 is 10.2 Å². The van der Waals surface area contributed by atoms with Crippen LogP contribution in [0.15, 0.2) is 0 Å². The fraction of sp³-hybridized carbons (Fsp3) is 1.00. The molecule has 3 aliphatic rings. The van der Waals surface area contributed by atoms with Crippen LogP contribution in [-0.4, -0.2) is 55.3 Å². The summed E-state index contributed by atoms with van der Waals surface area (Å²) in [5.41, 5.74) is 0. The van der Waals surface area contributed by atoms with E-state index in [9.17, 15) is 8.42 Å². The molecule has 2 saturated heterocycles. The van der Waals surface area contributed by atoms with E-state index in [2.05, 4.69) is 5.32 Å². The van der Waals surface area contributed by atoms with E-state index in [4.69, 9.17) is 0 Å². The van der Waals surface area contributed by atoms with E-state index in [0.29, 0.717) is 0 Å². The number of piperidine rings is 1. The van der Waals surface area contributed by atoms with Crippen LogP contribution in [0.1, 0.15) is 44.9 Å². The van der Waals surface area contributed by atoms with Crippen molar-refractivity contribution in [3.63, 3.8) is 0 Å². The maximum absolute atomic E-state index is 12.8. The molecule has 0 unspecified atom stereocenters. The summed E-state index contributed by atoms with van der Waals surface area (Å²) in [6.45, 7) is 3.34. The third kappa shape index (κ3) is 2.68. The van der Waals surface area contributed by atoms with E-state index >= 15 is 0 Å². The monoisotopic (exact) mass is 287 g/mol. The van der Waals surface area contributed by atoms with E-state index in [1.165, 1.54) is 12.8 Å². The third-order valence-electron chi connectivity index (χ3n) is 4.80. The smallest absolute Gasteiger partial charge is 0.282 e. The zero-order valence-electron chi connectivity index (χ0n) is 11.6. The van der Waals surface area contributed by atoms with Crippen molar-refractivity contribution in [2.45, 2.75) is 57.0 Å². The van der Waals surface area contributed by atoms with Gasteiger partial charge in [0.25, 0.3) is 10.2 Å². The van der Waals surface area contributed by atoms with Crippen LogP contribution in [-0.2, 0) is 10.2 Å². The van der Waals surface area contributed by atoms with Gasteiger partial charge < -0.3 is 5.32 Å². The van der Waals surface area contributed by atoms with Crippen LogP contribution in [0.25, 0.3) is 0 Å². The molecular formula is C13H25N3O2S. The van der Waals surface area contributed by atoms with Crippen LogP contribution in [0.2, 0.25) is 0 Å². The lowest BCUT2D eigenvalue weighted by atomic mass is 10.1. The summed E-state index contributed by atoms with van der Waals surface area (Å²) < 4.78 is 29.3. The summed E-state index contributed by atoms with van der Waals surface area (Å²) in [4.78, 5) is 0. The number of nitrogens with one attached hydrogen (secondary N) is 1. The average Bonchev–Trinajstić information content (AvgIpc) is 2.92. The summed E-state index contributed by atoms with van der Waals surface area (Å²) in [5.74, 6) is 0. The van der Waals surface area contributed by atoms with Gasteiger partial charge >= 0.3 is 0 Å². The third-order valence-corrected chi connectivity index (χ3v) is 6.94. The zero-order chi connectivity index (χ0) is 13.3. The highest BCUT2D eigenvalue weighted by Crippen LogP contribution is 2.31. The lowest BCUT2D eigenvalue weighted by molar-refractivity contribution is 0.190. The Kier molecular flexibility index (Phi) is 4.12. The fourth-order valence-corrected chi connectivity index (χ4v) is 5.94. The summed E-state index contributed by atoms with van der Waals surface area (Å²) >= 11 is 0. The highest BCUT2D eigenvalue weighted by atomic mass is 32.2. The quantitative estimate of drug-likeness (QED) is 0.822. The van der Waals surface area contributed by atoms with Gasteiger partial charge in [-0.05, 0) is 45.2 Å². The summed E-state index contributed by atoms with van der Waals surface area (Å²) in [6.07, 6.45) is 7.38. The maximum Gasteiger partial charge on any atom is 0.282 e. The van der Waals surface area contributed by atoms with Gasteiger partial charge in [0.05, 0.1) is 0 Å². The maximum atomic E-state index is 12.8. The molecule has 3 rings (SSSR count). The van der Waals surface area contributed by atoms with Crippen LogP contribution in [0, 0.1) is 0 Å². The summed E-state index contributed by atoms with van der Waals surface area (Å²) in [6, 6.07) is 0.491. The van der Waals surface area contributed by atoms with Crippen LogP contribution < -0.4 is 5.32 Å². The Balaban J connectivity index is 1.77. The van der Waals surface area contributed by atoms with Gasteiger partial charge in [0, 0.05) is 25.2 Å². The molecule has 0 bridgehead atoms. The molecule has 0 spiro atoms. The second-order valence-corrected chi connectivity index (χ2v) is 7.84. The van der Waals surface area contributed by atoms with Crippen LogP contribution in [0.4, 0.5) is 0 Å². The number of hydrogen-bond acceptors (Lipinski definition) is 3. The SMILES string of the molecule is O=S1(=O)N(C2CCCC2)CCCN1C1CCNCC1. The van der Waals surface area contributed by atoms with E-state index in [-0.39, 0.29) is 12.1 Å². The Labute approximate surface area is 116 Å². The molecule has 2 aliphatic heterocycles. The van der Waals surface area contributed by atoms with Crippen molar-refractivity contribution in [1.82, 2.24) is 13.9 Å². The van der Waals surface area contributed by atoms with E-state index in [1.54, 1.807) is 4.31 Å². The summed E-state index contributed by atoms with van der Waals surface area (Å²) in [5, 5.41) is 3.31. The van der Waals surface area contributed by atoms with Crippen molar-refractivity contribution in [3.05, 3.63) is 0 Å². The van der Waals surface area contributed by atoms with Gasteiger partial charge in [0.15, 0.2) is 0 Å². The molecule has 2 heterocycles. The Morgan fingerprint density at radius 1 is 0.789 bits per heavy atom. The van der Waals surface area contributed by atoms with Gasteiger partial charge in [-0.1, -0.05) is 12.8 Å². The van der Waals surface area contributed by atoms with Gasteiger partial charge in [0.2, 0.25) is 0 Å². The topological polar surface area (TPSA) is 52.7 Å². The lowest BCUT2D eigenvalue weighted by Gasteiger charge is -2.42. The number of nitrogens with zero attached hydrogens (tertiary/aromatic N) is 2. The van der Waals surface area contributed by atoms with E-state index < -0.39 is 10.2 Å². The van der Waals surface area contributed by atoms with Crippen molar-refractivity contribution in [2.75, 3.05) is 26.2 Å². The van der Waals surface area contributed by atoms with E-state index in [0.717, 1.165) is 58.3 Å². The van der Waals surface area contributed by atoms with Crippen LogP contribution >= 0.6 is 0 Å². The molecule has 0 aromatic carbocycles. The van der Waals surface area contributed by atoms with Crippen molar-refractivity contribution < 1.29 is 8.42 Å². The molecule has 5 nitrogen and oxygen atoms in total. The first kappa shape index (κ1) is 13.8. The second kappa shape index (κ2) is 5.68. The predicted molar refractivity (Wildman–Crippen MR) is 75.1 cm³/mol. The molecule has 0 aromatic rings. The standard InChI is InChI=1S/C13H25N3O2S/c17-19(18)15(12-4-1-2-5-12)10-3-11-16(19)13-6-8-14-9-7-13/h12-14H,1-11H2. The minimum atomic E-state index is -3.21.